The maximum atomic E-state index is 11.2. The van der Waals surface area contributed by atoms with E-state index >= 15 is 0 Å². The number of carbonyl (C=O) groups is 2. The third kappa shape index (κ3) is 5.61. The Bertz CT molecular complexity index is 350. The minimum Gasteiger partial charge on any atom is -0.355 e. The molecule has 0 saturated heterocycles. The van der Waals surface area contributed by atoms with Crippen LogP contribution in [-0.4, -0.2) is 46.6 Å². The van der Waals surface area contributed by atoms with E-state index in [-0.39, 0.29) is 24.9 Å². The van der Waals surface area contributed by atoms with Crippen molar-refractivity contribution < 1.29 is 9.59 Å². The van der Waals surface area contributed by atoms with Crippen molar-refractivity contribution >= 4 is 11.8 Å². The first kappa shape index (κ1) is 13.1. The summed E-state index contributed by atoms with van der Waals surface area (Å²) in [6.45, 7) is 0.370. The fourth-order valence-corrected chi connectivity index (χ4v) is 1.15. The molecule has 94 valence electrons. The van der Waals surface area contributed by atoms with Gasteiger partial charge in [0, 0.05) is 13.0 Å². The average molecular weight is 240 g/mol. The normalized spacial score (nSPS) is 9.94. The fraction of sp³-hybridized carbons (Fsp3) is 0.556. The van der Waals surface area contributed by atoms with Gasteiger partial charge in [-0.3, -0.25) is 14.7 Å². The molecule has 0 aromatic carbocycles. The number of aryl methyl sites for hydroxylation is 1. The maximum absolute atomic E-state index is 11.2. The standard InChI is InChI=1S/C9H16N6O2/c10-4-8(16)12-5-9(17)11-3-1-2-7-13-6-14-15-7/h6H,1-5,10H2,(H,11,17)(H,12,16)(H,13,14,15). The van der Waals surface area contributed by atoms with Gasteiger partial charge in [0.25, 0.3) is 0 Å². The van der Waals surface area contributed by atoms with Gasteiger partial charge in [-0.2, -0.15) is 5.10 Å². The predicted octanol–water partition coefficient (Wildman–Crippen LogP) is -2.07. The molecule has 5 N–H and O–H groups in total. The molecule has 1 aromatic heterocycles. The van der Waals surface area contributed by atoms with Crippen LogP contribution in [0.15, 0.2) is 6.33 Å². The Morgan fingerprint density at radius 2 is 2.18 bits per heavy atom. The number of H-pyrrole nitrogens is 1. The van der Waals surface area contributed by atoms with E-state index in [4.69, 9.17) is 5.73 Å². The van der Waals surface area contributed by atoms with Crippen molar-refractivity contribution in [2.45, 2.75) is 12.8 Å². The molecule has 8 nitrogen and oxygen atoms in total. The van der Waals surface area contributed by atoms with E-state index in [0.29, 0.717) is 6.54 Å². The molecule has 0 aliphatic heterocycles. The van der Waals surface area contributed by atoms with Crippen LogP contribution in [-0.2, 0) is 16.0 Å². The van der Waals surface area contributed by atoms with Crippen molar-refractivity contribution in [2.24, 2.45) is 5.73 Å². The fourth-order valence-electron chi connectivity index (χ4n) is 1.15. The number of nitrogens with zero attached hydrogens (tertiary/aromatic N) is 2. The SMILES string of the molecule is NCC(=O)NCC(=O)NCCCc1ncn[nH]1. The third-order valence-electron chi connectivity index (χ3n) is 2.01. The molecule has 0 unspecified atom stereocenters. The number of amides is 2. The van der Waals surface area contributed by atoms with Crippen LogP contribution in [0, 0.1) is 0 Å². The number of carbonyl (C=O) groups excluding carboxylic acids is 2. The summed E-state index contributed by atoms with van der Waals surface area (Å²) in [6, 6.07) is 0. The molecular formula is C9H16N6O2. The predicted molar refractivity (Wildman–Crippen MR) is 59.8 cm³/mol. The highest BCUT2D eigenvalue weighted by Crippen LogP contribution is 1.91. The van der Waals surface area contributed by atoms with E-state index in [1.807, 2.05) is 0 Å². The molecule has 17 heavy (non-hydrogen) atoms. The number of rotatable bonds is 7. The lowest BCUT2D eigenvalue weighted by molar-refractivity contribution is -0.125. The first-order valence-electron chi connectivity index (χ1n) is 5.30. The van der Waals surface area contributed by atoms with Crippen molar-refractivity contribution in [3.63, 3.8) is 0 Å². The van der Waals surface area contributed by atoms with E-state index in [2.05, 4.69) is 25.8 Å². The smallest absolute Gasteiger partial charge is 0.239 e. The Morgan fingerprint density at radius 1 is 1.35 bits per heavy atom. The highest BCUT2D eigenvalue weighted by atomic mass is 16.2. The van der Waals surface area contributed by atoms with Crippen LogP contribution in [0.2, 0.25) is 0 Å². The zero-order valence-electron chi connectivity index (χ0n) is 9.40. The van der Waals surface area contributed by atoms with Gasteiger partial charge >= 0.3 is 0 Å². The number of aromatic amines is 1. The quantitative estimate of drug-likeness (QED) is 0.407. The Hall–Kier alpha value is -1.96. The Kier molecular flexibility index (Phi) is 5.66. The number of nitrogens with two attached hydrogens (primary N) is 1. The van der Waals surface area contributed by atoms with Gasteiger partial charge in [0.15, 0.2) is 0 Å². The van der Waals surface area contributed by atoms with E-state index in [0.717, 1.165) is 18.7 Å². The van der Waals surface area contributed by atoms with Crippen LogP contribution < -0.4 is 16.4 Å². The second-order valence-electron chi connectivity index (χ2n) is 3.37. The molecule has 0 fully saturated rings. The van der Waals surface area contributed by atoms with E-state index < -0.39 is 0 Å². The lowest BCUT2D eigenvalue weighted by Gasteiger charge is -2.05. The molecule has 2 amide bonds. The molecule has 8 heteroatoms. The summed E-state index contributed by atoms with van der Waals surface area (Å²) in [4.78, 5) is 25.9. The van der Waals surface area contributed by atoms with Gasteiger partial charge in [0.1, 0.15) is 12.2 Å². The molecule has 1 rings (SSSR count). The second-order valence-corrected chi connectivity index (χ2v) is 3.37. The highest BCUT2D eigenvalue weighted by molar-refractivity contribution is 5.85. The number of aromatic nitrogens is 3. The van der Waals surface area contributed by atoms with Gasteiger partial charge in [-0.15, -0.1) is 0 Å². The average Bonchev–Trinajstić information content (AvgIpc) is 2.84. The number of hydrogen-bond acceptors (Lipinski definition) is 5. The van der Waals surface area contributed by atoms with Crippen LogP contribution in [0.5, 0.6) is 0 Å². The number of nitrogens with one attached hydrogen (secondary N) is 3. The lowest BCUT2D eigenvalue weighted by atomic mass is 10.3. The summed E-state index contributed by atoms with van der Waals surface area (Å²) in [5, 5.41) is 11.5. The first-order chi connectivity index (χ1) is 8.22. The molecule has 1 aromatic rings. The molecule has 0 radical (unpaired) electrons. The lowest BCUT2D eigenvalue weighted by Crippen LogP contribution is -2.39. The summed E-state index contributed by atoms with van der Waals surface area (Å²) < 4.78 is 0. The molecule has 0 aliphatic rings. The zero-order valence-corrected chi connectivity index (χ0v) is 9.40. The molecular weight excluding hydrogens is 224 g/mol. The third-order valence-corrected chi connectivity index (χ3v) is 2.01. The second kappa shape index (κ2) is 7.34. The Morgan fingerprint density at radius 3 is 2.82 bits per heavy atom. The highest BCUT2D eigenvalue weighted by Gasteiger charge is 2.03. The van der Waals surface area contributed by atoms with Gasteiger partial charge in [-0.1, -0.05) is 0 Å². The van der Waals surface area contributed by atoms with Gasteiger partial charge in [0.05, 0.1) is 13.1 Å². The maximum Gasteiger partial charge on any atom is 0.239 e. The molecule has 0 bridgehead atoms. The van der Waals surface area contributed by atoms with E-state index in [1.54, 1.807) is 0 Å². The summed E-state index contributed by atoms with van der Waals surface area (Å²) in [6.07, 6.45) is 2.91. The van der Waals surface area contributed by atoms with Crippen molar-refractivity contribution in [1.29, 1.82) is 0 Å². The summed E-state index contributed by atoms with van der Waals surface area (Å²) in [5.41, 5.74) is 5.07. The van der Waals surface area contributed by atoms with Gasteiger partial charge in [-0.05, 0) is 6.42 Å². The summed E-state index contributed by atoms with van der Waals surface area (Å²) in [7, 11) is 0. The number of hydrogen-bond donors (Lipinski definition) is 4. The van der Waals surface area contributed by atoms with Crippen molar-refractivity contribution in [2.75, 3.05) is 19.6 Å². The molecule has 1 heterocycles. The van der Waals surface area contributed by atoms with Crippen LogP contribution in [0.3, 0.4) is 0 Å². The minimum absolute atomic E-state index is 0.0433. The largest absolute Gasteiger partial charge is 0.355 e. The Labute approximate surface area is 98.4 Å². The molecule has 0 aliphatic carbocycles. The molecule has 0 spiro atoms. The molecule has 0 saturated carbocycles. The zero-order chi connectivity index (χ0) is 12.5. The molecule has 0 atom stereocenters. The first-order valence-corrected chi connectivity index (χ1v) is 5.30. The monoisotopic (exact) mass is 240 g/mol. The van der Waals surface area contributed by atoms with Crippen molar-refractivity contribution in [1.82, 2.24) is 25.8 Å². The van der Waals surface area contributed by atoms with Crippen LogP contribution in [0.1, 0.15) is 12.2 Å². The van der Waals surface area contributed by atoms with Crippen LogP contribution >= 0.6 is 0 Å². The van der Waals surface area contributed by atoms with Gasteiger partial charge < -0.3 is 16.4 Å². The minimum atomic E-state index is -0.346. The topological polar surface area (TPSA) is 126 Å². The van der Waals surface area contributed by atoms with Gasteiger partial charge in [0.2, 0.25) is 11.8 Å². The van der Waals surface area contributed by atoms with Crippen LogP contribution in [0.4, 0.5) is 0 Å². The van der Waals surface area contributed by atoms with Crippen LogP contribution in [0.25, 0.3) is 0 Å². The van der Waals surface area contributed by atoms with E-state index in [9.17, 15) is 9.59 Å². The summed E-state index contributed by atoms with van der Waals surface area (Å²) >= 11 is 0. The van der Waals surface area contributed by atoms with E-state index in [1.165, 1.54) is 6.33 Å². The Balaban J connectivity index is 2.02. The van der Waals surface area contributed by atoms with Gasteiger partial charge in [-0.25, -0.2) is 4.98 Å². The van der Waals surface area contributed by atoms with Crippen molar-refractivity contribution in [3.8, 4) is 0 Å². The summed E-state index contributed by atoms with van der Waals surface area (Å²) in [5.74, 6) is 0.210. The van der Waals surface area contributed by atoms with Crippen molar-refractivity contribution in [3.05, 3.63) is 12.2 Å².